The Bertz CT molecular complexity index is 565. The Morgan fingerprint density at radius 1 is 0.810 bits per heavy atom. The molecule has 116 valence electrons. The number of nitrogens with two attached hydrogens (primary N) is 4. The van der Waals surface area contributed by atoms with E-state index in [0.717, 1.165) is 5.75 Å². The molecule has 9 N–H and O–H groups in total. The Balaban J connectivity index is 0.000000342. The first-order valence-corrected chi connectivity index (χ1v) is 8.00. The Kier molecular flexibility index (Phi) is 8.86. The summed E-state index contributed by atoms with van der Waals surface area (Å²) in [5.41, 5.74) is 23.7. The van der Waals surface area contributed by atoms with Gasteiger partial charge in [0.25, 0.3) is 0 Å². The van der Waals surface area contributed by atoms with Crippen molar-refractivity contribution < 1.29 is 9.84 Å². The largest absolute Gasteiger partial charge is 0.508 e. The van der Waals surface area contributed by atoms with Crippen LogP contribution in [0.2, 0.25) is 0 Å². The Labute approximate surface area is 138 Å². The number of ether oxygens (including phenoxy) is 1. The Hall–Kier alpha value is -2.03. The van der Waals surface area contributed by atoms with E-state index in [1.807, 2.05) is 4.93 Å². The van der Waals surface area contributed by atoms with Crippen LogP contribution in [-0.4, -0.2) is 17.1 Å². The predicted octanol–water partition coefficient (Wildman–Crippen LogP) is 2.47. The van der Waals surface area contributed by atoms with Crippen LogP contribution < -0.4 is 27.7 Å². The van der Waals surface area contributed by atoms with Gasteiger partial charge in [-0.05, 0) is 29.2 Å². The maximum Gasteiger partial charge on any atom is 0.121 e. The second-order valence-corrected chi connectivity index (χ2v) is 3.81. The fraction of sp³-hybridized carbons (Fsp3) is 0.143. The van der Waals surface area contributed by atoms with E-state index in [9.17, 15) is 0 Å². The highest BCUT2D eigenvalue weighted by atomic mass is 127. The van der Waals surface area contributed by atoms with E-state index in [1.54, 1.807) is 31.4 Å². The minimum Gasteiger partial charge on any atom is -0.508 e. The summed E-state index contributed by atoms with van der Waals surface area (Å²) in [6, 6.07) is 9.64. The summed E-state index contributed by atoms with van der Waals surface area (Å²) in [5, 5.41) is 8.80. The molecule has 0 amide bonds. The van der Waals surface area contributed by atoms with Crippen molar-refractivity contribution in [2.75, 3.05) is 35.0 Å². The molecule has 6 nitrogen and oxygen atoms in total. The number of benzene rings is 2. The molecule has 0 bridgehead atoms. The molecule has 7 heteroatoms. The van der Waals surface area contributed by atoms with Gasteiger partial charge in [-0.25, -0.2) is 0 Å². The number of methoxy groups -OCH3 is 1. The highest BCUT2D eigenvalue weighted by molar-refractivity contribution is 14.1. The number of phenolic OH excluding ortho intramolecular Hbond substituents is 1. The topological polar surface area (TPSA) is 134 Å². The summed E-state index contributed by atoms with van der Waals surface area (Å²) < 4.78 is 4.91. The molecule has 0 aliphatic rings. The molecule has 0 saturated carbocycles. The molecule has 0 spiro atoms. The summed E-state index contributed by atoms with van der Waals surface area (Å²) in [4.78, 5) is 1.97. The molecule has 21 heavy (non-hydrogen) atoms. The van der Waals surface area contributed by atoms with E-state index >= 15 is 0 Å². The van der Waals surface area contributed by atoms with Gasteiger partial charge in [0.15, 0.2) is 0 Å². The summed E-state index contributed by atoms with van der Waals surface area (Å²) >= 11 is 2.15. The van der Waals surface area contributed by atoms with Gasteiger partial charge in [0.1, 0.15) is 11.5 Å². The standard InChI is InChI=1S/C7H10N2O.C6H8N2O.CH3I/c1-10-5-2-3-6(8)7(9)4-5;7-5-2-1-4(9)3-6(5)8;1-2/h2-4H,8-9H2,1H3;1-3,9H,7-8H2;1H3. The van der Waals surface area contributed by atoms with Crippen LogP contribution in [0.4, 0.5) is 22.7 Å². The number of nitrogen functional groups attached to an aromatic ring is 4. The average molecular weight is 404 g/mol. The van der Waals surface area contributed by atoms with E-state index in [0.29, 0.717) is 22.7 Å². The molecule has 0 aliphatic heterocycles. The lowest BCUT2D eigenvalue weighted by Gasteiger charge is -2.02. The van der Waals surface area contributed by atoms with Crippen LogP contribution in [0, 0.1) is 0 Å². The molecule has 2 aromatic carbocycles. The van der Waals surface area contributed by atoms with Gasteiger partial charge in [-0.3, -0.25) is 0 Å². The lowest BCUT2D eigenvalue weighted by Crippen LogP contribution is -1.94. The minimum atomic E-state index is 0.140. The fourth-order valence-corrected chi connectivity index (χ4v) is 1.24. The van der Waals surface area contributed by atoms with Crippen LogP contribution in [0.15, 0.2) is 36.4 Å². The number of anilines is 4. The number of hydrogen-bond acceptors (Lipinski definition) is 6. The third kappa shape index (κ3) is 6.80. The minimum absolute atomic E-state index is 0.140. The summed E-state index contributed by atoms with van der Waals surface area (Å²) in [7, 11) is 1.59. The molecule has 0 unspecified atom stereocenters. The van der Waals surface area contributed by atoms with Gasteiger partial charge in [0.05, 0.1) is 29.9 Å². The molecular weight excluding hydrogens is 383 g/mol. The number of hydrogen-bond donors (Lipinski definition) is 5. The second-order valence-electron chi connectivity index (χ2n) is 3.81. The van der Waals surface area contributed by atoms with Gasteiger partial charge in [-0.2, -0.15) is 0 Å². The van der Waals surface area contributed by atoms with Crippen molar-refractivity contribution >= 4 is 45.3 Å². The first kappa shape index (κ1) is 19.0. The van der Waals surface area contributed by atoms with Crippen molar-refractivity contribution in [2.45, 2.75) is 0 Å². The van der Waals surface area contributed by atoms with Crippen LogP contribution >= 0.6 is 22.6 Å². The molecule has 0 saturated heterocycles. The highest BCUT2D eigenvalue weighted by Gasteiger charge is 1.94. The summed E-state index contributed by atoms with van der Waals surface area (Å²) in [5.74, 6) is 0.869. The number of phenols is 1. The van der Waals surface area contributed by atoms with Crippen LogP contribution in [-0.2, 0) is 0 Å². The normalized spacial score (nSPS) is 8.71. The fourth-order valence-electron chi connectivity index (χ4n) is 1.24. The van der Waals surface area contributed by atoms with Crippen LogP contribution in [0.1, 0.15) is 0 Å². The van der Waals surface area contributed by atoms with Crippen molar-refractivity contribution in [3.63, 3.8) is 0 Å². The molecule has 0 aromatic heterocycles. The molecule has 2 aromatic rings. The highest BCUT2D eigenvalue weighted by Crippen LogP contribution is 2.20. The Morgan fingerprint density at radius 3 is 1.67 bits per heavy atom. The number of aromatic hydroxyl groups is 1. The Morgan fingerprint density at radius 2 is 1.29 bits per heavy atom. The number of halogens is 1. The first-order chi connectivity index (χ1) is 9.93. The second kappa shape index (κ2) is 9.81. The van der Waals surface area contributed by atoms with Gasteiger partial charge in [0.2, 0.25) is 0 Å². The maximum absolute atomic E-state index is 8.80. The first-order valence-electron chi connectivity index (χ1n) is 5.84. The van der Waals surface area contributed by atoms with E-state index < -0.39 is 0 Å². The third-order valence-corrected chi connectivity index (χ3v) is 2.36. The lowest BCUT2D eigenvalue weighted by molar-refractivity contribution is 0.415. The third-order valence-electron chi connectivity index (χ3n) is 2.36. The zero-order valence-corrected chi connectivity index (χ0v) is 14.2. The van der Waals surface area contributed by atoms with Gasteiger partial charge in [-0.1, -0.05) is 22.6 Å². The zero-order chi connectivity index (χ0) is 16.4. The van der Waals surface area contributed by atoms with E-state index in [2.05, 4.69) is 22.6 Å². The van der Waals surface area contributed by atoms with Crippen molar-refractivity contribution in [1.82, 2.24) is 0 Å². The maximum atomic E-state index is 8.80. The zero-order valence-electron chi connectivity index (χ0n) is 12.0. The van der Waals surface area contributed by atoms with E-state index in [-0.39, 0.29) is 5.75 Å². The van der Waals surface area contributed by atoms with Gasteiger partial charge < -0.3 is 32.8 Å². The van der Waals surface area contributed by atoms with Crippen molar-refractivity contribution in [2.24, 2.45) is 0 Å². The number of rotatable bonds is 1. The van der Waals surface area contributed by atoms with Crippen LogP contribution in [0.3, 0.4) is 0 Å². The monoisotopic (exact) mass is 404 g/mol. The van der Waals surface area contributed by atoms with Crippen LogP contribution in [0.25, 0.3) is 0 Å². The number of alkyl halides is 1. The molecule has 0 heterocycles. The van der Waals surface area contributed by atoms with Crippen LogP contribution in [0.5, 0.6) is 11.5 Å². The van der Waals surface area contributed by atoms with E-state index in [4.69, 9.17) is 32.8 Å². The molecule has 2 rings (SSSR count). The molecule has 0 aliphatic carbocycles. The molecule has 0 fully saturated rings. The average Bonchev–Trinajstić information content (AvgIpc) is 2.49. The predicted molar refractivity (Wildman–Crippen MR) is 98.7 cm³/mol. The molecular formula is C14H21IN4O2. The van der Waals surface area contributed by atoms with Gasteiger partial charge in [0, 0.05) is 12.1 Å². The van der Waals surface area contributed by atoms with Crippen molar-refractivity contribution in [1.29, 1.82) is 0 Å². The van der Waals surface area contributed by atoms with Gasteiger partial charge >= 0.3 is 0 Å². The molecule has 0 atom stereocenters. The summed E-state index contributed by atoms with van der Waals surface area (Å²) in [6.45, 7) is 0. The molecule has 0 radical (unpaired) electrons. The summed E-state index contributed by atoms with van der Waals surface area (Å²) in [6.07, 6.45) is 0. The van der Waals surface area contributed by atoms with Gasteiger partial charge in [-0.15, -0.1) is 0 Å². The quantitative estimate of drug-likeness (QED) is 0.215. The lowest BCUT2D eigenvalue weighted by atomic mass is 10.2. The van der Waals surface area contributed by atoms with Crippen molar-refractivity contribution in [3.8, 4) is 11.5 Å². The SMILES string of the molecule is CI.COc1ccc(N)c(N)c1.Nc1ccc(O)cc1N. The smallest absolute Gasteiger partial charge is 0.121 e. The van der Waals surface area contributed by atoms with E-state index in [1.165, 1.54) is 12.1 Å². The van der Waals surface area contributed by atoms with Crippen molar-refractivity contribution in [3.05, 3.63) is 36.4 Å².